The number of pyridine rings is 1. The van der Waals surface area contributed by atoms with Crippen LogP contribution in [0.15, 0.2) is 23.1 Å². The van der Waals surface area contributed by atoms with Gasteiger partial charge in [0, 0.05) is 36.9 Å². The summed E-state index contributed by atoms with van der Waals surface area (Å²) in [6.07, 6.45) is 1.26. The van der Waals surface area contributed by atoms with Crippen LogP contribution in [0.4, 0.5) is 13.2 Å². The number of aromatic hydroxyl groups is 1. The summed E-state index contributed by atoms with van der Waals surface area (Å²) in [6.45, 7) is 1.19. The summed E-state index contributed by atoms with van der Waals surface area (Å²) >= 11 is 0.899. The number of carbonyl (C=O) groups excluding carboxylic acids is 1. The van der Waals surface area contributed by atoms with Gasteiger partial charge in [-0.15, -0.1) is 10.2 Å². The van der Waals surface area contributed by atoms with E-state index >= 15 is 0 Å². The number of benzene rings is 1. The smallest absolute Gasteiger partial charge is 0.276 e. The highest BCUT2D eigenvalue weighted by Crippen LogP contribution is 2.30. The normalized spacial score (nSPS) is 17.9. The molecule has 12 heteroatoms. The van der Waals surface area contributed by atoms with Crippen LogP contribution < -0.4 is 5.43 Å². The predicted octanol–water partition coefficient (Wildman–Crippen LogP) is 2.28. The zero-order chi connectivity index (χ0) is 22.6. The van der Waals surface area contributed by atoms with Crippen LogP contribution in [0.5, 0.6) is 5.75 Å². The van der Waals surface area contributed by atoms with Gasteiger partial charge < -0.3 is 19.3 Å². The van der Waals surface area contributed by atoms with E-state index < -0.39 is 40.8 Å². The standard InChI is InChI=1S/C20H15F3N4O4S/c21-9-4-12(22)10(13(23)5-9)6-14-24-25-19(32-14)11-7-26-8-15-27(2-1-3-31-15)20(30)16(26)18(29)17(11)28/h4-5,7,15,29H,1-3,6,8H2. The maximum Gasteiger partial charge on any atom is 0.276 e. The fraction of sp³-hybridized carbons (Fsp3) is 0.300. The number of ether oxygens (including phenoxy) is 1. The molecule has 0 aliphatic carbocycles. The molecule has 2 aromatic heterocycles. The Kier molecular flexibility index (Phi) is 4.97. The Morgan fingerprint density at radius 3 is 2.69 bits per heavy atom. The third kappa shape index (κ3) is 3.35. The quantitative estimate of drug-likeness (QED) is 0.639. The summed E-state index contributed by atoms with van der Waals surface area (Å²) in [5.41, 5.74) is -1.31. The highest BCUT2D eigenvalue weighted by molar-refractivity contribution is 7.14. The molecule has 8 nitrogen and oxygen atoms in total. The number of rotatable bonds is 3. The number of nitrogens with zero attached hydrogens (tertiary/aromatic N) is 4. The SMILES string of the molecule is O=C1c2c(O)c(=O)c(-c3nnc(Cc4c(F)cc(F)cc4F)s3)cn2CC2OCCCN12. The van der Waals surface area contributed by atoms with Gasteiger partial charge in [0.25, 0.3) is 5.91 Å². The van der Waals surface area contributed by atoms with Crippen molar-refractivity contribution < 1.29 is 27.8 Å². The van der Waals surface area contributed by atoms with Crippen LogP contribution in [-0.2, 0) is 17.7 Å². The van der Waals surface area contributed by atoms with E-state index in [9.17, 15) is 27.9 Å². The van der Waals surface area contributed by atoms with Gasteiger partial charge in [-0.05, 0) is 6.42 Å². The second-order valence-electron chi connectivity index (χ2n) is 7.42. The zero-order valence-electron chi connectivity index (χ0n) is 16.3. The van der Waals surface area contributed by atoms with Gasteiger partial charge in [0.1, 0.15) is 22.5 Å². The monoisotopic (exact) mass is 464 g/mol. The van der Waals surface area contributed by atoms with E-state index in [0.717, 1.165) is 11.3 Å². The largest absolute Gasteiger partial charge is 0.503 e. The Balaban J connectivity index is 1.51. The average Bonchev–Trinajstić information content (AvgIpc) is 3.21. The number of hydrogen-bond acceptors (Lipinski definition) is 7. The van der Waals surface area contributed by atoms with Crippen molar-refractivity contribution in [1.29, 1.82) is 0 Å². The lowest BCUT2D eigenvalue weighted by atomic mass is 10.1. The Morgan fingerprint density at radius 1 is 1.19 bits per heavy atom. The lowest BCUT2D eigenvalue weighted by molar-refractivity contribution is -0.0919. The minimum Gasteiger partial charge on any atom is -0.503 e. The molecule has 1 N–H and O–H groups in total. The van der Waals surface area contributed by atoms with Crippen LogP contribution in [0.2, 0.25) is 0 Å². The molecule has 0 spiro atoms. The minimum atomic E-state index is -1.05. The Bertz CT molecular complexity index is 1290. The number of amides is 1. The molecule has 5 rings (SSSR count). The molecule has 2 aliphatic rings. The van der Waals surface area contributed by atoms with E-state index in [0.29, 0.717) is 31.7 Å². The second kappa shape index (κ2) is 7.71. The van der Waals surface area contributed by atoms with Crippen LogP contribution in [0, 0.1) is 17.5 Å². The van der Waals surface area contributed by atoms with E-state index in [1.165, 1.54) is 15.7 Å². The van der Waals surface area contributed by atoms with Gasteiger partial charge in [0.05, 0.1) is 18.7 Å². The molecule has 1 saturated heterocycles. The van der Waals surface area contributed by atoms with Gasteiger partial charge in [0.15, 0.2) is 22.7 Å². The van der Waals surface area contributed by atoms with Crippen molar-refractivity contribution in [1.82, 2.24) is 19.7 Å². The molecular weight excluding hydrogens is 449 g/mol. The highest BCUT2D eigenvalue weighted by atomic mass is 32.1. The summed E-state index contributed by atoms with van der Waals surface area (Å²) in [5.74, 6) is -4.34. The molecule has 2 aliphatic heterocycles. The van der Waals surface area contributed by atoms with Gasteiger partial charge in [-0.2, -0.15) is 0 Å². The Hall–Kier alpha value is -3.25. The molecule has 1 aromatic carbocycles. The van der Waals surface area contributed by atoms with E-state index in [1.807, 2.05) is 0 Å². The molecule has 1 atom stereocenters. The van der Waals surface area contributed by atoms with Crippen LogP contribution in [0.3, 0.4) is 0 Å². The number of halogens is 3. The molecule has 166 valence electrons. The lowest BCUT2D eigenvalue weighted by Gasteiger charge is -2.40. The maximum atomic E-state index is 13.9. The van der Waals surface area contributed by atoms with E-state index in [2.05, 4.69) is 10.2 Å². The zero-order valence-corrected chi connectivity index (χ0v) is 17.2. The molecular formula is C20H15F3N4O4S. The van der Waals surface area contributed by atoms with Crippen LogP contribution in [0.1, 0.15) is 27.5 Å². The van der Waals surface area contributed by atoms with Crippen molar-refractivity contribution in [2.24, 2.45) is 0 Å². The molecule has 1 amide bonds. The number of hydrogen-bond donors (Lipinski definition) is 1. The van der Waals surface area contributed by atoms with Crippen molar-refractivity contribution in [3.05, 3.63) is 62.3 Å². The van der Waals surface area contributed by atoms with Crippen LogP contribution in [0.25, 0.3) is 10.6 Å². The number of carbonyl (C=O) groups is 1. The topological polar surface area (TPSA) is 97.5 Å². The second-order valence-corrected chi connectivity index (χ2v) is 8.49. The lowest BCUT2D eigenvalue weighted by Crippen LogP contribution is -2.53. The number of fused-ring (bicyclic) bond motifs is 2. The Labute approximate surface area is 182 Å². The molecule has 1 fully saturated rings. The van der Waals surface area contributed by atoms with Crippen molar-refractivity contribution in [3.63, 3.8) is 0 Å². The molecule has 0 bridgehead atoms. The molecule has 1 unspecified atom stereocenters. The minimum absolute atomic E-state index is 0.00731. The maximum absolute atomic E-state index is 13.9. The van der Waals surface area contributed by atoms with Gasteiger partial charge in [-0.3, -0.25) is 9.59 Å². The van der Waals surface area contributed by atoms with Gasteiger partial charge in [0.2, 0.25) is 5.43 Å². The van der Waals surface area contributed by atoms with Gasteiger partial charge >= 0.3 is 0 Å². The van der Waals surface area contributed by atoms with Crippen molar-refractivity contribution in [2.45, 2.75) is 25.6 Å². The third-order valence-electron chi connectivity index (χ3n) is 5.40. The molecule has 32 heavy (non-hydrogen) atoms. The first kappa shape index (κ1) is 20.6. The van der Waals surface area contributed by atoms with E-state index in [4.69, 9.17) is 4.74 Å². The molecule has 0 radical (unpaired) electrons. The van der Waals surface area contributed by atoms with Gasteiger partial charge in [-0.25, -0.2) is 13.2 Å². The van der Waals surface area contributed by atoms with E-state index in [1.54, 1.807) is 0 Å². The van der Waals surface area contributed by atoms with Crippen LogP contribution >= 0.6 is 11.3 Å². The molecule has 4 heterocycles. The Morgan fingerprint density at radius 2 is 1.94 bits per heavy atom. The van der Waals surface area contributed by atoms with Gasteiger partial charge in [-0.1, -0.05) is 11.3 Å². The molecule has 0 saturated carbocycles. The third-order valence-corrected chi connectivity index (χ3v) is 6.36. The fourth-order valence-electron chi connectivity index (χ4n) is 3.87. The van der Waals surface area contributed by atoms with E-state index in [-0.39, 0.29) is 39.8 Å². The summed E-state index contributed by atoms with van der Waals surface area (Å²) < 4.78 is 48.1. The summed E-state index contributed by atoms with van der Waals surface area (Å²) in [7, 11) is 0. The first-order valence-corrected chi connectivity index (χ1v) is 10.5. The molecule has 3 aromatic rings. The number of aromatic nitrogens is 3. The van der Waals surface area contributed by atoms with Crippen molar-refractivity contribution in [2.75, 3.05) is 13.2 Å². The predicted molar refractivity (Wildman–Crippen MR) is 106 cm³/mol. The first-order chi connectivity index (χ1) is 15.3. The average molecular weight is 464 g/mol. The fourth-order valence-corrected chi connectivity index (χ4v) is 4.73. The van der Waals surface area contributed by atoms with Crippen LogP contribution in [-0.4, -0.2) is 50.1 Å². The first-order valence-electron chi connectivity index (χ1n) is 9.68. The highest BCUT2D eigenvalue weighted by Gasteiger charge is 2.37. The summed E-state index contributed by atoms with van der Waals surface area (Å²) in [6, 6.07) is 1.14. The summed E-state index contributed by atoms with van der Waals surface area (Å²) in [4.78, 5) is 27.0. The van der Waals surface area contributed by atoms with Crippen molar-refractivity contribution in [3.8, 4) is 16.3 Å². The van der Waals surface area contributed by atoms with Crippen molar-refractivity contribution >= 4 is 17.2 Å². The summed E-state index contributed by atoms with van der Waals surface area (Å²) in [5, 5.41) is 18.6.